The largest absolute Gasteiger partial charge is 0.385 e. The molecular weight excluding hydrogens is 254 g/mol. The summed E-state index contributed by atoms with van der Waals surface area (Å²) in [5.41, 5.74) is 2.58. The van der Waals surface area contributed by atoms with Gasteiger partial charge in [0.05, 0.1) is 0 Å². The minimum Gasteiger partial charge on any atom is -0.385 e. The lowest BCUT2D eigenvalue weighted by atomic mass is 10.2. The summed E-state index contributed by atoms with van der Waals surface area (Å²) in [6.07, 6.45) is 7.43. The number of aromatic amines is 1. The molecule has 0 amide bonds. The van der Waals surface area contributed by atoms with Gasteiger partial charge >= 0.3 is 0 Å². The maximum Gasteiger partial charge on any atom is 0.165 e. The van der Waals surface area contributed by atoms with Gasteiger partial charge in [0.25, 0.3) is 0 Å². The summed E-state index contributed by atoms with van der Waals surface area (Å²) < 4.78 is 0. The standard InChI is InChI=1S/C15H21N3S/c1-2-3-6-9-16-14-8-5-4-7-13(14)12-19-15-17-10-11-18-15/h4-5,7-8,10-11,16H,2-3,6,9,12H2,1H3,(H,17,18). The zero-order chi connectivity index (χ0) is 13.3. The second-order valence-corrected chi connectivity index (χ2v) is 5.44. The van der Waals surface area contributed by atoms with E-state index < -0.39 is 0 Å². The van der Waals surface area contributed by atoms with Gasteiger partial charge in [0, 0.05) is 30.4 Å². The summed E-state index contributed by atoms with van der Waals surface area (Å²) in [4.78, 5) is 7.35. The van der Waals surface area contributed by atoms with Crippen LogP contribution in [0.5, 0.6) is 0 Å². The number of rotatable bonds is 8. The molecule has 2 aromatic rings. The van der Waals surface area contributed by atoms with Crippen LogP contribution in [0.2, 0.25) is 0 Å². The smallest absolute Gasteiger partial charge is 0.165 e. The Morgan fingerprint density at radius 2 is 2.16 bits per heavy atom. The number of thioether (sulfide) groups is 1. The van der Waals surface area contributed by atoms with Gasteiger partial charge < -0.3 is 10.3 Å². The third-order valence-electron chi connectivity index (χ3n) is 2.95. The molecule has 0 aliphatic rings. The number of imidazole rings is 1. The van der Waals surface area contributed by atoms with Gasteiger partial charge in [-0.1, -0.05) is 49.7 Å². The third-order valence-corrected chi connectivity index (χ3v) is 3.90. The molecule has 2 N–H and O–H groups in total. The average Bonchev–Trinajstić information content (AvgIpc) is 2.96. The van der Waals surface area contributed by atoms with Gasteiger partial charge in [0.1, 0.15) is 0 Å². The second-order valence-electron chi connectivity index (χ2n) is 4.47. The topological polar surface area (TPSA) is 40.7 Å². The number of aromatic nitrogens is 2. The van der Waals surface area contributed by atoms with Gasteiger partial charge in [-0.15, -0.1) is 0 Å². The molecule has 0 saturated carbocycles. The summed E-state index contributed by atoms with van der Waals surface area (Å²) in [7, 11) is 0. The van der Waals surface area contributed by atoms with Gasteiger partial charge in [-0.05, 0) is 18.1 Å². The highest BCUT2D eigenvalue weighted by Crippen LogP contribution is 2.24. The van der Waals surface area contributed by atoms with Crippen LogP contribution in [0.4, 0.5) is 5.69 Å². The molecule has 0 aliphatic heterocycles. The Hall–Kier alpha value is -1.42. The Labute approximate surface area is 119 Å². The van der Waals surface area contributed by atoms with Crippen LogP contribution in [0.3, 0.4) is 0 Å². The molecule has 19 heavy (non-hydrogen) atoms. The second kappa shape index (κ2) is 7.89. The lowest BCUT2D eigenvalue weighted by molar-refractivity contribution is 0.743. The molecule has 102 valence electrons. The number of benzene rings is 1. The third kappa shape index (κ3) is 4.63. The quantitative estimate of drug-likeness (QED) is 0.557. The maximum absolute atomic E-state index is 4.23. The fourth-order valence-corrected chi connectivity index (χ4v) is 2.72. The zero-order valence-corrected chi connectivity index (χ0v) is 12.2. The van der Waals surface area contributed by atoms with Gasteiger partial charge in [-0.2, -0.15) is 0 Å². The Morgan fingerprint density at radius 1 is 1.26 bits per heavy atom. The highest BCUT2D eigenvalue weighted by atomic mass is 32.2. The van der Waals surface area contributed by atoms with E-state index in [1.807, 2.05) is 6.20 Å². The Bertz CT molecular complexity index is 468. The van der Waals surface area contributed by atoms with E-state index in [4.69, 9.17) is 0 Å². The normalized spacial score (nSPS) is 10.6. The first kappa shape index (κ1) is 14.0. The molecule has 0 radical (unpaired) electrons. The van der Waals surface area contributed by atoms with E-state index in [0.29, 0.717) is 0 Å². The number of nitrogens with zero attached hydrogens (tertiary/aromatic N) is 1. The van der Waals surface area contributed by atoms with Gasteiger partial charge in [-0.25, -0.2) is 4.98 Å². The van der Waals surface area contributed by atoms with Crippen molar-refractivity contribution in [3.8, 4) is 0 Å². The lowest BCUT2D eigenvalue weighted by Crippen LogP contribution is -2.03. The van der Waals surface area contributed by atoms with Crippen LogP contribution in [0.15, 0.2) is 41.8 Å². The van der Waals surface area contributed by atoms with Crippen molar-refractivity contribution in [2.45, 2.75) is 37.1 Å². The summed E-state index contributed by atoms with van der Waals surface area (Å²) in [6, 6.07) is 8.51. The zero-order valence-electron chi connectivity index (χ0n) is 11.4. The van der Waals surface area contributed by atoms with Gasteiger partial charge in [-0.3, -0.25) is 0 Å². The summed E-state index contributed by atoms with van der Waals surface area (Å²) in [5, 5.41) is 4.51. The van der Waals surface area contributed by atoms with Crippen LogP contribution in [-0.2, 0) is 5.75 Å². The minimum atomic E-state index is 0.935. The maximum atomic E-state index is 4.23. The number of nitrogens with one attached hydrogen (secondary N) is 2. The first-order chi connectivity index (χ1) is 9.40. The van der Waals surface area contributed by atoms with Crippen molar-refractivity contribution < 1.29 is 0 Å². The Morgan fingerprint density at radius 3 is 2.95 bits per heavy atom. The molecule has 1 aromatic carbocycles. The number of hydrogen-bond acceptors (Lipinski definition) is 3. The molecule has 3 nitrogen and oxygen atoms in total. The first-order valence-electron chi connectivity index (χ1n) is 6.84. The number of unbranched alkanes of at least 4 members (excludes halogenated alkanes) is 2. The molecule has 2 rings (SSSR count). The minimum absolute atomic E-state index is 0.935. The lowest BCUT2D eigenvalue weighted by Gasteiger charge is -2.11. The Kier molecular flexibility index (Phi) is 5.82. The van der Waals surface area contributed by atoms with E-state index in [0.717, 1.165) is 17.5 Å². The van der Waals surface area contributed by atoms with E-state index in [1.54, 1.807) is 18.0 Å². The molecule has 1 heterocycles. The van der Waals surface area contributed by atoms with Gasteiger partial charge in [0.2, 0.25) is 0 Å². The average molecular weight is 275 g/mol. The molecule has 0 spiro atoms. The fraction of sp³-hybridized carbons (Fsp3) is 0.400. The van der Waals surface area contributed by atoms with Crippen LogP contribution in [0, 0.1) is 0 Å². The molecule has 0 unspecified atom stereocenters. The van der Waals surface area contributed by atoms with Crippen LogP contribution in [0.1, 0.15) is 31.7 Å². The summed E-state index contributed by atoms with van der Waals surface area (Å²) in [5.74, 6) is 0.935. The van der Waals surface area contributed by atoms with Crippen molar-refractivity contribution in [1.82, 2.24) is 9.97 Å². The Balaban J connectivity index is 1.88. The van der Waals surface area contributed by atoms with Crippen molar-refractivity contribution in [2.24, 2.45) is 0 Å². The molecular formula is C15H21N3S. The van der Waals surface area contributed by atoms with E-state index in [1.165, 1.54) is 30.5 Å². The fourth-order valence-electron chi connectivity index (χ4n) is 1.89. The molecule has 0 aliphatic carbocycles. The molecule has 0 atom stereocenters. The van der Waals surface area contributed by atoms with Crippen molar-refractivity contribution in [3.05, 3.63) is 42.2 Å². The van der Waals surface area contributed by atoms with E-state index in [2.05, 4.69) is 46.5 Å². The van der Waals surface area contributed by atoms with Crippen LogP contribution < -0.4 is 5.32 Å². The van der Waals surface area contributed by atoms with Crippen molar-refractivity contribution in [1.29, 1.82) is 0 Å². The van der Waals surface area contributed by atoms with E-state index >= 15 is 0 Å². The molecule has 4 heteroatoms. The highest BCUT2D eigenvalue weighted by Gasteiger charge is 2.03. The number of H-pyrrole nitrogens is 1. The van der Waals surface area contributed by atoms with Crippen molar-refractivity contribution in [3.63, 3.8) is 0 Å². The molecule has 0 saturated heterocycles. The van der Waals surface area contributed by atoms with Crippen LogP contribution in [0.25, 0.3) is 0 Å². The summed E-state index contributed by atoms with van der Waals surface area (Å²) >= 11 is 1.73. The highest BCUT2D eigenvalue weighted by molar-refractivity contribution is 7.98. The monoisotopic (exact) mass is 275 g/mol. The molecule has 1 aromatic heterocycles. The SMILES string of the molecule is CCCCCNc1ccccc1CSc1ncc[nH]1. The number of hydrogen-bond donors (Lipinski definition) is 2. The van der Waals surface area contributed by atoms with Crippen molar-refractivity contribution >= 4 is 17.4 Å². The van der Waals surface area contributed by atoms with Crippen LogP contribution in [-0.4, -0.2) is 16.5 Å². The van der Waals surface area contributed by atoms with Crippen LogP contribution >= 0.6 is 11.8 Å². The summed E-state index contributed by atoms with van der Waals surface area (Å²) in [6.45, 7) is 3.28. The molecule has 0 fully saturated rings. The predicted molar refractivity (Wildman–Crippen MR) is 82.6 cm³/mol. The number of anilines is 1. The van der Waals surface area contributed by atoms with Crippen molar-refractivity contribution in [2.75, 3.05) is 11.9 Å². The molecule has 0 bridgehead atoms. The van der Waals surface area contributed by atoms with E-state index in [9.17, 15) is 0 Å². The first-order valence-corrected chi connectivity index (χ1v) is 7.82. The van der Waals surface area contributed by atoms with Gasteiger partial charge in [0.15, 0.2) is 5.16 Å². The van der Waals surface area contributed by atoms with E-state index in [-0.39, 0.29) is 0 Å². The predicted octanol–water partition coefficient (Wildman–Crippen LogP) is 4.30. The number of para-hydroxylation sites is 1.